The van der Waals surface area contributed by atoms with E-state index < -0.39 is 26.2 Å². The zero-order valence-corrected chi connectivity index (χ0v) is 38.4. The van der Waals surface area contributed by atoms with Crippen LogP contribution in [-0.4, -0.2) is 78.6 Å². The van der Waals surface area contributed by atoms with Gasteiger partial charge in [0.2, 0.25) is 0 Å². The molecule has 64 heavy (non-hydrogen) atoms. The van der Waals surface area contributed by atoms with E-state index in [1.807, 2.05) is 104 Å². The molecule has 15 nitrogen and oxygen atoms in total. The van der Waals surface area contributed by atoms with Gasteiger partial charge < -0.3 is 24.1 Å². The highest BCUT2D eigenvalue weighted by atomic mass is 32.2. The number of methoxy groups -OCH3 is 4. The number of ether oxygens (including phenoxy) is 4. The molecule has 0 amide bonds. The molecule has 17 heteroatoms. The quantitative estimate of drug-likeness (QED) is 0.0798. The first kappa shape index (κ1) is 46.3. The maximum atomic E-state index is 13.8. The van der Waals surface area contributed by atoms with E-state index in [1.165, 1.54) is 14.7 Å². The zero-order valence-electron chi connectivity index (χ0n) is 36.8. The maximum Gasteiger partial charge on any atom is 0.263 e. The topological polar surface area (TPSA) is 168 Å². The molecule has 340 valence electrons. The van der Waals surface area contributed by atoms with Gasteiger partial charge in [-0.1, -0.05) is 55.5 Å². The fourth-order valence-electron chi connectivity index (χ4n) is 7.04. The molecule has 0 bridgehead atoms. The van der Waals surface area contributed by atoms with Crippen molar-refractivity contribution >= 4 is 20.0 Å². The predicted octanol–water partition coefficient (Wildman–Crippen LogP) is 7.70. The lowest BCUT2D eigenvalue weighted by molar-refractivity contribution is 0.162. The van der Waals surface area contributed by atoms with E-state index in [-0.39, 0.29) is 42.3 Å². The number of aliphatic hydroxyl groups excluding tert-OH is 1. The van der Waals surface area contributed by atoms with Crippen molar-refractivity contribution in [1.82, 2.24) is 28.2 Å². The maximum absolute atomic E-state index is 13.8. The number of benzene rings is 4. The second kappa shape index (κ2) is 20.4. The van der Waals surface area contributed by atoms with E-state index in [2.05, 4.69) is 10.2 Å². The molecule has 2 aromatic heterocycles. The molecule has 8 rings (SSSR count). The smallest absolute Gasteiger partial charge is 0.263 e. The van der Waals surface area contributed by atoms with Gasteiger partial charge in [-0.05, 0) is 109 Å². The third-order valence-corrected chi connectivity index (χ3v) is 14.5. The summed E-state index contributed by atoms with van der Waals surface area (Å²) in [5.41, 5.74) is 3.95. The minimum Gasteiger partial charge on any atom is -0.497 e. The molecule has 2 fully saturated rings. The van der Waals surface area contributed by atoms with Gasteiger partial charge >= 0.3 is 0 Å². The summed E-state index contributed by atoms with van der Waals surface area (Å²) in [6.45, 7) is 2.66. The highest BCUT2D eigenvalue weighted by molar-refractivity contribution is 7.89. The van der Waals surface area contributed by atoms with Crippen molar-refractivity contribution in [2.45, 2.75) is 93.4 Å². The van der Waals surface area contributed by atoms with Crippen molar-refractivity contribution < 1.29 is 40.9 Å². The van der Waals surface area contributed by atoms with Crippen LogP contribution >= 0.6 is 0 Å². The Labute approximate surface area is 375 Å². The molecular formula is C47H56N6O9S2. The Balaban J connectivity index is 0.000000193. The van der Waals surface area contributed by atoms with E-state index in [4.69, 9.17) is 18.9 Å². The monoisotopic (exact) mass is 912 g/mol. The van der Waals surface area contributed by atoms with Crippen LogP contribution in [0.1, 0.15) is 85.2 Å². The number of nitrogens with zero attached hydrogens (tertiary/aromatic N) is 6. The van der Waals surface area contributed by atoms with E-state index in [9.17, 15) is 21.9 Å². The van der Waals surface area contributed by atoms with Gasteiger partial charge in [0, 0.05) is 38.4 Å². The van der Waals surface area contributed by atoms with Crippen LogP contribution in [0.25, 0.3) is 0 Å². The Bertz CT molecular complexity index is 2560. The number of aromatic nitrogens is 4. The average Bonchev–Trinajstić information content (AvgIpc) is 4.26. The lowest BCUT2D eigenvalue weighted by atomic mass is 10.2. The van der Waals surface area contributed by atoms with Gasteiger partial charge in [-0.15, -0.1) is 0 Å². The SMILES string of the molecule is CCC(O)c1cc(S(=O)(=O)N(Cc2ccc(OC)cc2)Cc2ccc(OC)cc2)nn1C1CC1.COc1ccc(CN(Cc2ccc(OC)cc2)S(=O)(=O)c2ccn(C3CC3)n2)cc1. The van der Waals surface area contributed by atoms with Gasteiger partial charge in [0.1, 0.15) is 23.0 Å². The van der Waals surface area contributed by atoms with Gasteiger partial charge in [-0.2, -0.15) is 18.8 Å². The first-order valence-corrected chi connectivity index (χ1v) is 24.1. The standard InChI is InChI=1S/C25H31N3O5S.C22H25N3O4S/c1-4-24(29)23-15-25(26-28(23)20-9-10-20)34(30,31)27(16-18-5-11-21(32-2)12-6-18)17-19-7-13-22(33-3)14-8-19;1-28-20-9-3-17(4-10-20)15-24(16-18-5-11-21(29-2)12-6-18)30(26,27)22-13-14-25(23-22)19-7-8-19/h5-8,11-15,20,24,29H,4,9-10,16-17H2,1-3H3;3-6,9-14,19H,7-8,15-16H2,1-2H3. The van der Waals surface area contributed by atoms with Crippen LogP contribution in [0.3, 0.4) is 0 Å². The minimum absolute atomic E-state index is 0.0380. The fourth-order valence-corrected chi connectivity index (χ4v) is 9.73. The minimum atomic E-state index is -3.95. The Morgan fingerprint density at radius 1 is 0.562 bits per heavy atom. The Morgan fingerprint density at radius 3 is 1.25 bits per heavy atom. The molecule has 1 N–H and O–H groups in total. The number of aliphatic hydroxyl groups is 1. The highest BCUT2D eigenvalue weighted by Crippen LogP contribution is 2.39. The van der Waals surface area contributed by atoms with Crippen molar-refractivity contribution in [3.8, 4) is 23.0 Å². The molecule has 0 saturated heterocycles. The van der Waals surface area contributed by atoms with E-state index in [0.29, 0.717) is 29.7 Å². The molecule has 1 atom stereocenters. The summed E-state index contributed by atoms with van der Waals surface area (Å²) in [5.74, 6) is 2.86. The molecule has 0 aliphatic heterocycles. The van der Waals surface area contributed by atoms with Crippen LogP contribution in [0.5, 0.6) is 23.0 Å². The second-order valence-corrected chi connectivity index (χ2v) is 19.6. The van der Waals surface area contributed by atoms with Crippen molar-refractivity contribution in [3.05, 3.63) is 143 Å². The molecule has 0 spiro atoms. The third kappa shape index (κ3) is 11.3. The average molecular weight is 913 g/mol. The van der Waals surface area contributed by atoms with Crippen LogP contribution in [0.4, 0.5) is 0 Å². The summed E-state index contributed by atoms with van der Waals surface area (Å²) in [7, 11) is -1.34. The summed E-state index contributed by atoms with van der Waals surface area (Å²) in [6.07, 6.45) is 5.44. The van der Waals surface area contributed by atoms with Crippen LogP contribution in [0.15, 0.2) is 125 Å². The summed E-state index contributed by atoms with van der Waals surface area (Å²) in [6, 6.07) is 33.0. The lowest BCUT2D eigenvalue weighted by Crippen LogP contribution is -2.30. The molecule has 2 aliphatic rings. The Kier molecular flexibility index (Phi) is 14.8. The molecule has 1 unspecified atom stereocenters. The van der Waals surface area contributed by atoms with Crippen molar-refractivity contribution in [1.29, 1.82) is 0 Å². The van der Waals surface area contributed by atoms with Crippen LogP contribution in [0, 0.1) is 0 Å². The number of rotatable bonds is 20. The molecule has 4 aromatic carbocycles. The van der Waals surface area contributed by atoms with E-state index in [1.54, 1.807) is 50.1 Å². The van der Waals surface area contributed by atoms with Crippen LogP contribution < -0.4 is 18.9 Å². The van der Waals surface area contributed by atoms with Gasteiger partial charge in [0.15, 0.2) is 10.1 Å². The molecule has 2 saturated carbocycles. The van der Waals surface area contributed by atoms with Crippen molar-refractivity contribution in [2.75, 3.05) is 28.4 Å². The summed E-state index contributed by atoms with van der Waals surface area (Å²) >= 11 is 0. The molecule has 2 aliphatic carbocycles. The summed E-state index contributed by atoms with van der Waals surface area (Å²) in [5, 5.41) is 19.3. The van der Waals surface area contributed by atoms with Gasteiger partial charge in [0.25, 0.3) is 20.0 Å². The molecular weight excluding hydrogens is 857 g/mol. The second-order valence-electron chi connectivity index (χ2n) is 15.8. The number of hydrogen-bond donors (Lipinski definition) is 1. The van der Waals surface area contributed by atoms with Crippen molar-refractivity contribution in [3.63, 3.8) is 0 Å². The summed E-state index contributed by atoms with van der Waals surface area (Å²) < 4.78 is 81.7. The predicted molar refractivity (Wildman–Crippen MR) is 241 cm³/mol. The highest BCUT2D eigenvalue weighted by Gasteiger charge is 2.35. The number of hydrogen-bond acceptors (Lipinski definition) is 11. The van der Waals surface area contributed by atoms with Gasteiger partial charge in [0.05, 0.1) is 52.3 Å². The van der Waals surface area contributed by atoms with Crippen LogP contribution in [-0.2, 0) is 46.2 Å². The fraction of sp³-hybridized carbons (Fsp3) is 0.362. The van der Waals surface area contributed by atoms with E-state index in [0.717, 1.165) is 59.4 Å². The first-order valence-electron chi connectivity index (χ1n) is 21.2. The Hall–Kier alpha value is -5.72. The third-order valence-electron chi connectivity index (χ3n) is 11.1. The molecule has 2 heterocycles. The largest absolute Gasteiger partial charge is 0.497 e. The number of sulfonamides is 2. The normalized spacial score (nSPS) is 14.5. The molecule has 0 radical (unpaired) electrons. The van der Waals surface area contributed by atoms with Crippen molar-refractivity contribution in [2.24, 2.45) is 0 Å². The Morgan fingerprint density at radius 2 is 0.922 bits per heavy atom. The van der Waals surface area contributed by atoms with Gasteiger partial charge in [-0.25, -0.2) is 16.8 Å². The summed E-state index contributed by atoms with van der Waals surface area (Å²) in [4.78, 5) is 0. The molecule has 6 aromatic rings. The first-order chi connectivity index (χ1) is 30.8. The van der Waals surface area contributed by atoms with Gasteiger partial charge in [-0.3, -0.25) is 9.36 Å². The lowest BCUT2D eigenvalue weighted by Gasteiger charge is -2.21. The van der Waals surface area contributed by atoms with E-state index >= 15 is 0 Å². The zero-order chi connectivity index (χ0) is 45.4. The van der Waals surface area contributed by atoms with Crippen LogP contribution in [0.2, 0.25) is 0 Å².